The fourth-order valence-corrected chi connectivity index (χ4v) is 1.96. The number of aryl methyl sites for hydroxylation is 2. The van der Waals surface area contributed by atoms with Crippen molar-refractivity contribution in [3.05, 3.63) is 23.0 Å². The molecule has 98 valence electrons. The quantitative estimate of drug-likeness (QED) is 0.808. The summed E-state index contributed by atoms with van der Waals surface area (Å²) in [6, 6.07) is 1.79. The lowest BCUT2D eigenvalue weighted by molar-refractivity contribution is 0.0943. The molecule has 0 bridgehead atoms. The Morgan fingerprint density at radius 2 is 2.22 bits per heavy atom. The molecular formula is C13H20N4O. The second kappa shape index (κ2) is 5.02. The SMILES string of the molecule is CCc1nnc(C)cc1C(=O)NCC1(CN)CC1. The maximum absolute atomic E-state index is 12.1. The summed E-state index contributed by atoms with van der Waals surface area (Å²) >= 11 is 0. The Kier molecular flexibility index (Phi) is 3.61. The molecule has 1 fully saturated rings. The maximum Gasteiger partial charge on any atom is 0.253 e. The number of aromatic nitrogens is 2. The first-order chi connectivity index (χ1) is 8.60. The second-order valence-corrected chi connectivity index (χ2v) is 5.09. The van der Waals surface area contributed by atoms with E-state index < -0.39 is 0 Å². The summed E-state index contributed by atoms with van der Waals surface area (Å²) in [4.78, 5) is 12.1. The molecule has 1 saturated carbocycles. The molecule has 0 radical (unpaired) electrons. The van der Waals surface area contributed by atoms with Crippen LogP contribution in [-0.2, 0) is 6.42 Å². The molecule has 5 heteroatoms. The summed E-state index contributed by atoms with van der Waals surface area (Å²) in [5, 5.41) is 11.0. The summed E-state index contributed by atoms with van der Waals surface area (Å²) in [7, 11) is 0. The molecule has 0 spiro atoms. The van der Waals surface area contributed by atoms with Gasteiger partial charge in [0.15, 0.2) is 0 Å². The molecule has 3 N–H and O–H groups in total. The van der Waals surface area contributed by atoms with Crippen molar-refractivity contribution in [3.63, 3.8) is 0 Å². The zero-order valence-electron chi connectivity index (χ0n) is 11.0. The van der Waals surface area contributed by atoms with Gasteiger partial charge in [-0.2, -0.15) is 10.2 Å². The number of nitrogens with zero attached hydrogens (tertiary/aromatic N) is 2. The summed E-state index contributed by atoms with van der Waals surface area (Å²) in [6.45, 7) is 5.11. The van der Waals surface area contributed by atoms with Crippen LogP contribution in [0.3, 0.4) is 0 Å². The molecule has 18 heavy (non-hydrogen) atoms. The number of rotatable bonds is 5. The smallest absolute Gasteiger partial charge is 0.253 e. The van der Waals surface area contributed by atoms with E-state index in [1.165, 1.54) is 0 Å². The van der Waals surface area contributed by atoms with Crippen LogP contribution in [-0.4, -0.2) is 29.2 Å². The fraction of sp³-hybridized carbons (Fsp3) is 0.615. The Morgan fingerprint density at radius 3 is 2.78 bits per heavy atom. The standard InChI is InChI=1S/C13H20N4O/c1-3-11-10(6-9(2)16-17-11)12(18)15-8-13(7-14)4-5-13/h6H,3-5,7-8,14H2,1-2H3,(H,15,18). The van der Waals surface area contributed by atoms with Crippen molar-refractivity contribution in [1.29, 1.82) is 0 Å². The van der Waals surface area contributed by atoms with Gasteiger partial charge in [0.1, 0.15) is 0 Å². The van der Waals surface area contributed by atoms with Gasteiger partial charge in [-0.15, -0.1) is 0 Å². The van der Waals surface area contributed by atoms with E-state index in [1.807, 2.05) is 13.8 Å². The molecule has 1 aliphatic rings. The third-order valence-electron chi connectivity index (χ3n) is 3.59. The molecule has 0 aromatic carbocycles. The van der Waals surface area contributed by atoms with Crippen molar-refractivity contribution in [1.82, 2.24) is 15.5 Å². The lowest BCUT2D eigenvalue weighted by atomic mass is 10.1. The molecule has 1 heterocycles. The highest BCUT2D eigenvalue weighted by Gasteiger charge is 2.41. The average molecular weight is 248 g/mol. The zero-order chi connectivity index (χ0) is 13.2. The fourth-order valence-electron chi connectivity index (χ4n) is 1.96. The Morgan fingerprint density at radius 1 is 1.50 bits per heavy atom. The van der Waals surface area contributed by atoms with E-state index in [2.05, 4.69) is 15.5 Å². The number of nitrogens with one attached hydrogen (secondary N) is 1. The Balaban J connectivity index is 2.06. The molecular weight excluding hydrogens is 228 g/mol. The molecule has 1 aliphatic carbocycles. The number of carbonyl (C=O) groups is 1. The minimum absolute atomic E-state index is 0.0652. The van der Waals surface area contributed by atoms with E-state index in [4.69, 9.17) is 5.73 Å². The number of nitrogens with two attached hydrogens (primary N) is 1. The molecule has 1 aromatic heterocycles. The van der Waals surface area contributed by atoms with Crippen molar-refractivity contribution in [3.8, 4) is 0 Å². The summed E-state index contributed by atoms with van der Waals surface area (Å²) < 4.78 is 0. The van der Waals surface area contributed by atoms with E-state index in [1.54, 1.807) is 6.07 Å². The minimum Gasteiger partial charge on any atom is -0.351 e. The Labute approximate surface area is 107 Å². The van der Waals surface area contributed by atoms with Gasteiger partial charge in [-0.05, 0) is 38.8 Å². The zero-order valence-corrected chi connectivity index (χ0v) is 11.0. The summed E-state index contributed by atoms with van der Waals surface area (Å²) in [5.74, 6) is -0.0652. The monoisotopic (exact) mass is 248 g/mol. The molecule has 1 amide bonds. The van der Waals surface area contributed by atoms with Crippen molar-refractivity contribution >= 4 is 5.91 Å². The average Bonchev–Trinajstić information content (AvgIpc) is 3.16. The molecule has 0 atom stereocenters. The van der Waals surface area contributed by atoms with E-state index >= 15 is 0 Å². The molecule has 0 saturated heterocycles. The first-order valence-corrected chi connectivity index (χ1v) is 6.42. The van der Waals surface area contributed by atoms with Gasteiger partial charge in [-0.25, -0.2) is 0 Å². The van der Waals surface area contributed by atoms with Crippen LogP contribution < -0.4 is 11.1 Å². The van der Waals surface area contributed by atoms with E-state index in [0.717, 1.165) is 24.2 Å². The van der Waals surface area contributed by atoms with Gasteiger partial charge < -0.3 is 11.1 Å². The molecule has 1 aromatic rings. The predicted molar refractivity (Wildman–Crippen MR) is 69.2 cm³/mol. The largest absolute Gasteiger partial charge is 0.351 e. The highest BCUT2D eigenvalue weighted by Crippen LogP contribution is 2.43. The van der Waals surface area contributed by atoms with Gasteiger partial charge >= 0.3 is 0 Å². The third-order valence-corrected chi connectivity index (χ3v) is 3.59. The number of carbonyl (C=O) groups excluding carboxylic acids is 1. The van der Waals surface area contributed by atoms with Crippen LogP contribution in [0.1, 0.15) is 41.5 Å². The van der Waals surface area contributed by atoms with E-state index in [-0.39, 0.29) is 11.3 Å². The van der Waals surface area contributed by atoms with E-state index in [0.29, 0.717) is 25.1 Å². The third kappa shape index (κ3) is 2.67. The second-order valence-electron chi connectivity index (χ2n) is 5.09. The van der Waals surface area contributed by atoms with Crippen LogP contribution >= 0.6 is 0 Å². The van der Waals surface area contributed by atoms with Gasteiger partial charge in [0, 0.05) is 12.0 Å². The molecule has 0 aliphatic heterocycles. The van der Waals surface area contributed by atoms with Gasteiger partial charge in [0.05, 0.1) is 17.0 Å². The van der Waals surface area contributed by atoms with Gasteiger partial charge in [0.25, 0.3) is 5.91 Å². The Bertz CT molecular complexity index is 454. The van der Waals surface area contributed by atoms with Crippen LogP contribution in [0.15, 0.2) is 6.07 Å². The van der Waals surface area contributed by atoms with Crippen molar-refractivity contribution in [2.45, 2.75) is 33.1 Å². The highest BCUT2D eigenvalue weighted by atomic mass is 16.1. The predicted octanol–water partition coefficient (Wildman–Crippen LogP) is 0.816. The number of amides is 1. The lowest BCUT2D eigenvalue weighted by Crippen LogP contribution is -2.34. The van der Waals surface area contributed by atoms with Crippen LogP contribution in [0.4, 0.5) is 0 Å². The Hall–Kier alpha value is -1.49. The van der Waals surface area contributed by atoms with Crippen LogP contribution in [0, 0.1) is 12.3 Å². The van der Waals surface area contributed by atoms with Gasteiger partial charge in [-0.3, -0.25) is 4.79 Å². The summed E-state index contributed by atoms with van der Waals surface area (Å²) in [5.41, 5.74) is 7.99. The minimum atomic E-state index is -0.0652. The van der Waals surface area contributed by atoms with Crippen molar-refractivity contribution in [2.75, 3.05) is 13.1 Å². The van der Waals surface area contributed by atoms with Crippen molar-refractivity contribution < 1.29 is 4.79 Å². The lowest BCUT2D eigenvalue weighted by Gasteiger charge is -2.14. The van der Waals surface area contributed by atoms with Gasteiger partial charge in [0.2, 0.25) is 0 Å². The van der Waals surface area contributed by atoms with E-state index in [9.17, 15) is 4.79 Å². The van der Waals surface area contributed by atoms with Crippen LogP contribution in [0.25, 0.3) is 0 Å². The normalized spacial score (nSPS) is 16.4. The van der Waals surface area contributed by atoms with Gasteiger partial charge in [-0.1, -0.05) is 6.92 Å². The molecule has 0 unspecified atom stereocenters. The first-order valence-electron chi connectivity index (χ1n) is 6.42. The summed E-state index contributed by atoms with van der Waals surface area (Å²) in [6.07, 6.45) is 2.92. The van der Waals surface area contributed by atoms with Crippen molar-refractivity contribution in [2.24, 2.45) is 11.1 Å². The molecule has 2 rings (SSSR count). The maximum atomic E-state index is 12.1. The highest BCUT2D eigenvalue weighted by molar-refractivity contribution is 5.95. The topological polar surface area (TPSA) is 80.9 Å². The number of hydrogen-bond donors (Lipinski definition) is 2. The number of hydrogen-bond acceptors (Lipinski definition) is 4. The van der Waals surface area contributed by atoms with Crippen LogP contribution in [0.5, 0.6) is 0 Å². The molecule has 5 nitrogen and oxygen atoms in total. The van der Waals surface area contributed by atoms with Crippen LogP contribution in [0.2, 0.25) is 0 Å². The first kappa shape index (κ1) is 13.0.